The van der Waals surface area contributed by atoms with Gasteiger partial charge in [-0.05, 0) is 32.0 Å². The first kappa shape index (κ1) is 12.8. The van der Waals surface area contributed by atoms with E-state index in [9.17, 15) is 8.42 Å². The largest absolute Gasteiger partial charge is 0.283 e. The van der Waals surface area contributed by atoms with Gasteiger partial charge in [-0.3, -0.25) is 4.72 Å². The summed E-state index contributed by atoms with van der Waals surface area (Å²) in [5.74, 6) is 0. The molecule has 0 saturated heterocycles. The van der Waals surface area contributed by atoms with E-state index in [2.05, 4.69) is 4.72 Å². The number of hydrogen-bond acceptors (Lipinski definition) is 3. The van der Waals surface area contributed by atoms with E-state index in [1.54, 1.807) is 13.8 Å². The molecule has 1 aromatic carbocycles. The van der Waals surface area contributed by atoms with Crippen LogP contribution in [0.5, 0.6) is 0 Å². The van der Waals surface area contributed by atoms with Gasteiger partial charge in [0.05, 0.1) is 21.5 Å². The van der Waals surface area contributed by atoms with Crippen LogP contribution in [0.4, 0.5) is 5.69 Å². The Hall–Kier alpha value is -1.25. The van der Waals surface area contributed by atoms with E-state index in [1.807, 2.05) is 6.07 Å². The van der Waals surface area contributed by atoms with Crippen molar-refractivity contribution < 1.29 is 8.42 Å². The van der Waals surface area contributed by atoms with Gasteiger partial charge < -0.3 is 0 Å². The molecule has 4 nitrogen and oxygen atoms in total. The number of halogens is 1. The smallest absolute Gasteiger partial charge is 0.235 e. The second kappa shape index (κ2) is 4.73. The van der Waals surface area contributed by atoms with Crippen molar-refractivity contribution in [3.63, 3.8) is 0 Å². The Kier molecular flexibility index (Phi) is 3.79. The monoisotopic (exact) mass is 258 g/mol. The first-order chi connectivity index (χ1) is 7.36. The predicted octanol–water partition coefficient (Wildman–Crippen LogP) is 2.36. The lowest BCUT2D eigenvalue weighted by atomic mass is 10.2. The fourth-order valence-corrected chi connectivity index (χ4v) is 1.87. The van der Waals surface area contributed by atoms with Gasteiger partial charge in [-0.1, -0.05) is 11.6 Å². The quantitative estimate of drug-likeness (QED) is 0.905. The van der Waals surface area contributed by atoms with Crippen molar-refractivity contribution >= 4 is 27.3 Å². The van der Waals surface area contributed by atoms with E-state index in [1.165, 1.54) is 18.2 Å². The van der Waals surface area contributed by atoms with Gasteiger partial charge in [-0.2, -0.15) is 5.26 Å². The van der Waals surface area contributed by atoms with E-state index in [0.717, 1.165) is 0 Å². The minimum atomic E-state index is -3.38. The fraction of sp³-hybridized carbons (Fsp3) is 0.300. The molecule has 0 aromatic heterocycles. The van der Waals surface area contributed by atoms with Crippen LogP contribution in [0.25, 0.3) is 0 Å². The van der Waals surface area contributed by atoms with Crippen molar-refractivity contribution in [2.45, 2.75) is 19.1 Å². The van der Waals surface area contributed by atoms with Gasteiger partial charge >= 0.3 is 0 Å². The van der Waals surface area contributed by atoms with E-state index < -0.39 is 15.3 Å². The molecule has 0 bridgehead atoms. The minimum Gasteiger partial charge on any atom is -0.283 e. The summed E-state index contributed by atoms with van der Waals surface area (Å²) in [7, 11) is -3.38. The number of hydrogen-bond donors (Lipinski definition) is 1. The van der Waals surface area contributed by atoms with E-state index >= 15 is 0 Å². The summed E-state index contributed by atoms with van der Waals surface area (Å²) in [6.45, 7) is 3.15. The molecule has 16 heavy (non-hydrogen) atoms. The molecule has 0 heterocycles. The van der Waals surface area contributed by atoms with Crippen LogP contribution in [0.15, 0.2) is 18.2 Å². The summed E-state index contributed by atoms with van der Waals surface area (Å²) in [6.07, 6.45) is 0. The van der Waals surface area contributed by atoms with Gasteiger partial charge in [0.2, 0.25) is 10.0 Å². The SMILES string of the molecule is CC(C)S(=O)(=O)Nc1ccc(C#N)c(Cl)c1. The minimum absolute atomic E-state index is 0.228. The third-order valence-corrected chi connectivity index (χ3v) is 4.04. The third-order valence-electron chi connectivity index (χ3n) is 1.97. The number of nitrogens with one attached hydrogen (secondary N) is 1. The Balaban J connectivity index is 3.02. The van der Waals surface area contributed by atoms with Crippen LogP contribution in [-0.2, 0) is 10.0 Å². The Bertz CT molecular complexity index is 532. The first-order valence-corrected chi connectivity index (χ1v) is 6.50. The standard InChI is InChI=1S/C10H11ClN2O2S/c1-7(2)16(14,15)13-9-4-3-8(6-12)10(11)5-9/h3-5,7,13H,1-2H3. The highest BCUT2D eigenvalue weighted by molar-refractivity contribution is 7.93. The zero-order valence-electron chi connectivity index (χ0n) is 8.86. The predicted molar refractivity (Wildman–Crippen MR) is 63.8 cm³/mol. The van der Waals surface area contributed by atoms with Crippen LogP contribution in [0.1, 0.15) is 19.4 Å². The number of benzene rings is 1. The van der Waals surface area contributed by atoms with Crippen LogP contribution >= 0.6 is 11.6 Å². The molecule has 0 aliphatic rings. The van der Waals surface area contributed by atoms with Gasteiger partial charge in [-0.15, -0.1) is 0 Å². The molecule has 0 spiro atoms. The van der Waals surface area contributed by atoms with Crippen molar-refractivity contribution in [2.75, 3.05) is 4.72 Å². The molecule has 86 valence electrons. The van der Waals surface area contributed by atoms with Crippen molar-refractivity contribution in [3.8, 4) is 6.07 Å². The number of rotatable bonds is 3. The molecule has 1 N–H and O–H groups in total. The Morgan fingerprint density at radius 3 is 2.50 bits per heavy atom. The number of nitrogens with zero attached hydrogens (tertiary/aromatic N) is 1. The maximum atomic E-state index is 11.5. The lowest BCUT2D eigenvalue weighted by molar-refractivity contribution is 0.593. The zero-order valence-corrected chi connectivity index (χ0v) is 10.4. The molecule has 1 rings (SSSR count). The summed E-state index contributed by atoms with van der Waals surface area (Å²) in [5.41, 5.74) is 0.673. The second-order valence-corrected chi connectivity index (χ2v) is 6.15. The molecule has 0 aliphatic heterocycles. The molecule has 0 amide bonds. The molecule has 0 saturated carbocycles. The molecule has 1 aromatic rings. The van der Waals surface area contributed by atoms with Crippen LogP contribution < -0.4 is 4.72 Å². The third kappa shape index (κ3) is 2.87. The van der Waals surface area contributed by atoms with Gasteiger partial charge in [0.25, 0.3) is 0 Å². The summed E-state index contributed by atoms with van der Waals surface area (Å²) < 4.78 is 25.5. The lowest BCUT2D eigenvalue weighted by Gasteiger charge is -2.10. The fourth-order valence-electron chi connectivity index (χ4n) is 0.951. The molecule has 6 heteroatoms. The molecule has 0 radical (unpaired) electrons. The van der Waals surface area contributed by atoms with Crippen LogP contribution in [0.2, 0.25) is 5.02 Å². The van der Waals surface area contributed by atoms with Crippen LogP contribution in [0.3, 0.4) is 0 Å². The van der Waals surface area contributed by atoms with Gasteiger partial charge in [0.1, 0.15) is 6.07 Å². The van der Waals surface area contributed by atoms with Gasteiger partial charge in [0, 0.05) is 0 Å². The average Bonchev–Trinajstić information content (AvgIpc) is 2.17. The summed E-state index contributed by atoms with van der Waals surface area (Å²) in [4.78, 5) is 0. The number of anilines is 1. The highest BCUT2D eigenvalue weighted by atomic mass is 35.5. The molecule has 0 aliphatic carbocycles. The van der Waals surface area contributed by atoms with E-state index in [4.69, 9.17) is 16.9 Å². The zero-order chi connectivity index (χ0) is 12.3. The molecular weight excluding hydrogens is 248 g/mol. The Labute approximate surface area is 99.9 Å². The van der Waals surface area contributed by atoms with Gasteiger partial charge in [0.15, 0.2) is 0 Å². The topological polar surface area (TPSA) is 70.0 Å². The highest BCUT2D eigenvalue weighted by Crippen LogP contribution is 2.21. The molecule has 0 fully saturated rings. The normalized spacial score (nSPS) is 11.2. The summed E-state index contributed by atoms with van der Waals surface area (Å²) >= 11 is 5.78. The average molecular weight is 259 g/mol. The second-order valence-electron chi connectivity index (χ2n) is 3.50. The Morgan fingerprint density at radius 2 is 2.06 bits per heavy atom. The molecule has 0 unspecified atom stereocenters. The van der Waals surface area contributed by atoms with Crippen molar-refractivity contribution in [3.05, 3.63) is 28.8 Å². The maximum Gasteiger partial charge on any atom is 0.235 e. The number of nitriles is 1. The van der Waals surface area contributed by atoms with Gasteiger partial charge in [-0.25, -0.2) is 8.42 Å². The lowest BCUT2D eigenvalue weighted by Crippen LogP contribution is -2.22. The summed E-state index contributed by atoms with van der Waals surface area (Å²) in [5, 5.41) is 8.36. The summed E-state index contributed by atoms with van der Waals surface area (Å²) in [6, 6.07) is 6.29. The maximum absolute atomic E-state index is 11.5. The first-order valence-electron chi connectivity index (χ1n) is 4.58. The van der Waals surface area contributed by atoms with E-state index in [0.29, 0.717) is 11.3 Å². The van der Waals surface area contributed by atoms with Crippen LogP contribution in [-0.4, -0.2) is 13.7 Å². The Morgan fingerprint density at radius 1 is 1.44 bits per heavy atom. The van der Waals surface area contributed by atoms with Crippen molar-refractivity contribution in [1.82, 2.24) is 0 Å². The number of sulfonamides is 1. The van der Waals surface area contributed by atoms with Crippen LogP contribution in [0, 0.1) is 11.3 Å². The van der Waals surface area contributed by atoms with E-state index in [-0.39, 0.29) is 5.02 Å². The highest BCUT2D eigenvalue weighted by Gasteiger charge is 2.15. The molecule has 0 atom stereocenters. The molecular formula is C10H11ClN2O2S. The van der Waals surface area contributed by atoms with Crippen molar-refractivity contribution in [2.24, 2.45) is 0 Å². The van der Waals surface area contributed by atoms with Crippen molar-refractivity contribution in [1.29, 1.82) is 5.26 Å².